The lowest BCUT2D eigenvalue weighted by Crippen LogP contribution is -1.93. The van der Waals surface area contributed by atoms with Gasteiger partial charge in [0.2, 0.25) is 6.41 Å². The van der Waals surface area contributed by atoms with E-state index in [0.717, 1.165) is 33.5 Å². The Bertz CT molecular complexity index is 792. The van der Waals surface area contributed by atoms with Crippen molar-refractivity contribution in [1.29, 1.82) is 0 Å². The number of anilines is 1. The number of aromatic nitrogens is 3. The molecule has 1 amide bonds. The molecule has 0 bridgehead atoms. The lowest BCUT2D eigenvalue weighted by atomic mass is 10.1. The van der Waals surface area contributed by atoms with E-state index in [1.807, 2.05) is 32.2 Å². The van der Waals surface area contributed by atoms with E-state index in [4.69, 9.17) is 0 Å². The summed E-state index contributed by atoms with van der Waals surface area (Å²) >= 11 is 0. The minimum atomic E-state index is 0.643. The van der Waals surface area contributed by atoms with Gasteiger partial charge in [-0.05, 0) is 37.6 Å². The van der Waals surface area contributed by atoms with Gasteiger partial charge in [0.15, 0.2) is 0 Å². The predicted molar refractivity (Wildman–Crippen MR) is 78.5 cm³/mol. The topological polar surface area (TPSA) is 70.7 Å². The molecule has 0 aliphatic rings. The first-order chi connectivity index (χ1) is 9.67. The van der Waals surface area contributed by atoms with Gasteiger partial charge in [-0.2, -0.15) is 0 Å². The lowest BCUT2D eigenvalue weighted by Gasteiger charge is -2.01. The zero-order chi connectivity index (χ0) is 14.1. The minimum absolute atomic E-state index is 0.643. The molecular formula is C15H14N4O. The Morgan fingerprint density at radius 1 is 1.15 bits per heavy atom. The maximum absolute atomic E-state index is 10.5. The van der Waals surface area contributed by atoms with Gasteiger partial charge in [-0.25, -0.2) is 4.98 Å². The van der Waals surface area contributed by atoms with Crippen molar-refractivity contribution in [2.45, 2.75) is 13.8 Å². The minimum Gasteiger partial charge on any atom is -0.339 e. The molecular weight excluding hydrogens is 252 g/mol. The van der Waals surface area contributed by atoms with Crippen LogP contribution in [0.3, 0.4) is 0 Å². The van der Waals surface area contributed by atoms with Gasteiger partial charge < -0.3 is 10.3 Å². The maximum atomic E-state index is 10.5. The number of carbonyl (C=O) groups is 1. The second kappa shape index (κ2) is 4.77. The molecule has 20 heavy (non-hydrogen) atoms. The second-order valence-corrected chi connectivity index (χ2v) is 4.73. The molecule has 5 nitrogen and oxygen atoms in total. The van der Waals surface area contributed by atoms with Crippen LogP contribution in [0, 0.1) is 13.8 Å². The fourth-order valence-corrected chi connectivity index (χ4v) is 2.11. The molecule has 0 aromatic carbocycles. The average molecular weight is 266 g/mol. The zero-order valence-electron chi connectivity index (χ0n) is 11.3. The third kappa shape index (κ3) is 2.14. The summed E-state index contributed by atoms with van der Waals surface area (Å²) in [5, 5.41) is 3.55. The Balaban J connectivity index is 2.07. The highest BCUT2D eigenvalue weighted by Crippen LogP contribution is 2.25. The predicted octanol–water partition coefficient (Wildman–Crippen LogP) is 2.81. The van der Waals surface area contributed by atoms with Gasteiger partial charge in [-0.15, -0.1) is 0 Å². The largest absolute Gasteiger partial charge is 0.339 e. The fourth-order valence-electron chi connectivity index (χ4n) is 2.11. The lowest BCUT2D eigenvalue weighted by molar-refractivity contribution is -0.105. The van der Waals surface area contributed by atoms with Gasteiger partial charge in [0.1, 0.15) is 5.65 Å². The van der Waals surface area contributed by atoms with E-state index < -0.39 is 0 Å². The van der Waals surface area contributed by atoms with Crippen molar-refractivity contribution in [2.75, 3.05) is 5.32 Å². The maximum Gasteiger partial charge on any atom is 0.211 e. The van der Waals surface area contributed by atoms with Crippen LogP contribution in [-0.2, 0) is 4.79 Å². The van der Waals surface area contributed by atoms with Crippen LogP contribution in [0.5, 0.6) is 0 Å². The van der Waals surface area contributed by atoms with Crippen LogP contribution in [0.4, 0.5) is 5.69 Å². The van der Waals surface area contributed by atoms with Gasteiger partial charge in [0, 0.05) is 28.5 Å². The van der Waals surface area contributed by atoms with Gasteiger partial charge in [-0.3, -0.25) is 9.78 Å². The Labute approximate surface area is 116 Å². The molecule has 3 aromatic rings. The van der Waals surface area contributed by atoms with E-state index in [2.05, 4.69) is 26.3 Å². The number of fused-ring (bicyclic) bond motifs is 1. The summed E-state index contributed by atoms with van der Waals surface area (Å²) in [5.41, 5.74) is 5.63. The number of pyridine rings is 2. The van der Waals surface area contributed by atoms with Crippen molar-refractivity contribution in [2.24, 2.45) is 0 Å². The van der Waals surface area contributed by atoms with E-state index in [0.29, 0.717) is 12.1 Å². The van der Waals surface area contributed by atoms with Crippen LogP contribution in [0.25, 0.3) is 22.3 Å². The first-order valence-electron chi connectivity index (χ1n) is 6.30. The molecule has 0 atom stereocenters. The van der Waals surface area contributed by atoms with Crippen molar-refractivity contribution in [1.82, 2.24) is 15.0 Å². The molecule has 0 aliphatic heterocycles. The molecule has 2 N–H and O–H groups in total. The average Bonchev–Trinajstić information content (AvgIpc) is 2.85. The van der Waals surface area contributed by atoms with Crippen LogP contribution in [0.15, 0.2) is 30.6 Å². The van der Waals surface area contributed by atoms with E-state index in [9.17, 15) is 4.79 Å². The number of rotatable bonds is 3. The number of H-pyrrole nitrogens is 1. The van der Waals surface area contributed by atoms with Crippen LogP contribution >= 0.6 is 0 Å². The highest BCUT2D eigenvalue weighted by molar-refractivity contribution is 5.87. The van der Waals surface area contributed by atoms with Gasteiger partial charge in [0.05, 0.1) is 11.9 Å². The molecule has 0 saturated heterocycles. The Kier molecular flexibility index (Phi) is 2.95. The quantitative estimate of drug-likeness (QED) is 0.716. The van der Waals surface area contributed by atoms with Crippen molar-refractivity contribution < 1.29 is 4.79 Å². The SMILES string of the molecule is Cc1cc(-c2cc3cc(NC=O)cnc3[nH]2)cnc1C. The number of nitrogens with zero attached hydrogens (tertiary/aromatic N) is 2. The standard InChI is InChI=1S/C15H14N4O/c1-9-3-12(6-16-10(9)2)14-5-11-4-13(18-8-20)7-17-15(11)19-14/h3-8H,1-2H3,(H,17,19)(H,18,20). The molecule has 100 valence electrons. The molecule has 5 heteroatoms. The number of hydrogen-bond acceptors (Lipinski definition) is 3. The fraction of sp³-hybridized carbons (Fsp3) is 0.133. The molecule has 3 aromatic heterocycles. The first-order valence-corrected chi connectivity index (χ1v) is 6.30. The highest BCUT2D eigenvalue weighted by atomic mass is 16.1. The van der Waals surface area contributed by atoms with Crippen molar-refractivity contribution in [3.63, 3.8) is 0 Å². The van der Waals surface area contributed by atoms with Crippen molar-refractivity contribution >= 4 is 23.1 Å². The molecule has 0 spiro atoms. The first kappa shape index (κ1) is 12.3. The van der Waals surface area contributed by atoms with Crippen LogP contribution < -0.4 is 5.32 Å². The Morgan fingerprint density at radius 2 is 2.00 bits per heavy atom. The molecule has 0 unspecified atom stereocenters. The summed E-state index contributed by atoms with van der Waals surface area (Å²) in [4.78, 5) is 22.4. The van der Waals surface area contributed by atoms with Gasteiger partial charge in [-0.1, -0.05) is 0 Å². The molecule has 3 rings (SSSR count). The molecule has 0 radical (unpaired) electrons. The smallest absolute Gasteiger partial charge is 0.211 e. The van der Waals surface area contributed by atoms with Gasteiger partial charge >= 0.3 is 0 Å². The number of carbonyl (C=O) groups excluding carboxylic acids is 1. The van der Waals surface area contributed by atoms with Gasteiger partial charge in [0.25, 0.3) is 0 Å². The third-order valence-electron chi connectivity index (χ3n) is 3.35. The summed E-state index contributed by atoms with van der Waals surface area (Å²) in [6, 6.07) is 5.98. The monoisotopic (exact) mass is 266 g/mol. The molecule has 3 heterocycles. The number of hydrogen-bond donors (Lipinski definition) is 2. The summed E-state index contributed by atoms with van der Waals surface area (Å²) in [5.74, 6) is 0. The van der Waals surface area contributed by atoms with Crippen LogP contribution in [0.1, 0.15) is 11.3 Å². The van der Waals surface area contributed by atoms with E-state index in [1.165, 1.54) is 0 Å². The normalized spacial score (nSPS) is 10.7. The third-order valence-corrected chi connectivity index (χ3v) is 3.35. The summed E-state index contributed by atoms with van der Waals surface area (Å²) in [6.45, 7) is 4.03. The van der Waals surface area contributed by atoms with Crippen LogP contribution in [-0.4, -0.2) is 21.4 Å². The summed E-state index contributed by atoms with van der Waals surface area (Å²) in [7, 11) is 0. The molecule has 0 fully saturated rings. The van der Waals surface area contributed by atoms with E-state index >= 15 is 0 Å². The zero-order valence-corrected chi connectivity index (χ0v) is 11.3. The highest BCUT2D eigenvalue weighted by Gasteiger charge is 2.06. The molecule has 0 saturated carbocycles. The van der Waals surface area contributed by atoms with Crippen LogP contribution in [0.2, 0.25) is 0 Å². The van der Waals surface area contributed by atoms with E-state index in [-0.39, 0.29) is 0 Å². The van der Waals surface area contributed by atoms with Crippen molar-refractivity contribution in [3.8, 4) is 11.3 Å². The molecule has 0 aliphatic carbocycles. The number of nitrogens with one attached hydrogen (secondary N) is 2. The summed E-state index contributed by atoms with van der Waals surface area (Å²) in [6.07, 6.45) is 4.11. The Morgan fingerprint density at radius 3 is 2.75 bits per heavy atom. The number of aryl methyl sites for hydroxylation is 2. The number of amides is 1. The Hall–Kier alpha value is -2.69. The van der Waals surface area contributed by atoms with Crippen molar-refractivity contribution in [3.05, 3.63) is 41.9 Å². The van der Waals surface area contributed by atoms with E-state index in [1.54, 1.807) is 6.20 Å². The second-order valence-electron chi connectivity index (χ2n) is 4.73. The summed E-state index contributed by atoms with van der Waals surface area (Å²) < 4.78 is 0. The number of aromatic amines is 1.